The van der Waals surface area contributed by atoms with Crippen molar-refractivity contribution in [3.8, 4) is 0 Å². The molecule has 0 fully saturated rings. The number of guanidine groups is 2. The van der Waals surface area contributed by atoms with Crippen molar-refractivity contribution < 1.29 is 24.0 Å². The Hall–Kier alpha value is -3.95. The Morgan fingerprint density at radius 2 is 1.24 bits per heavy atom. The third-order valence-electron chi connectivity index (χ3n) is 4.27. The molecule has 3 atom stereocenters. The predicted molar refractivity (Wildman–Crippen MR) is 125 cm³/mol. The third-order valence-corrected chi connectivity index (χ3v) is 4.27. The molecule has 0 saturated heterocycles. The number of nitrogens with zero attached hydrogens (tertiary/aromatic N) is 2. The van der Waals surface area contributed by atoms with Crippen molar-refractivity contribution in [2.45, 2.75) is 50.2 Å². The van der Waals surface area contributed by atoms with E-state index >= 15 is 0 Å². The quantitative estimate of drug-likeness (QED) is 0.0407. The highest BCUT2D eigenvalue weighted by Gasteiger charge is 2.28. The van der Waals surface area contributed by atoms with Crippen LogP contribution in [0.3, 0.4) is 0 Å². The molecule has 0 spiro atoms. The van der Waals surface area contributed by atoms with Gasteiger partial charge in [0.2, 0.25) is 23.6 Å². The second-order valence-corrected chi connectivity index (χ2v) is 7.21. The Balaban J connectivity index is 5.40. The molecule has 16 heteroatoms. The molecule has 0 aromatic carbocycles. The van der Waals surface area contributed by atoms with E-state index in [-0.39, 0.29) is 44.4 Å². The molecule has 0 rings (SSSR count). The first-order valence-electron chi connectivity index (χ1n) is 10.4. The molecule has 34 heavy (non-hydrogen) atoms. The van der Waals surface area contributed by atoms with Crippen LogP contribution in [-0.4, -0.2) is 79.6 Å². The van der Waals surface area contributed by atoms with Gasteiger partial charge in [0.15, 0.2) is 11.9 Å². The van der Waals surface area contributed by atoms with E-state index in [2.05, 4.69) is 25.9 Å². The summed E-state index contributed by atoms with van der Waals surface area (Å²) in [7, 11) is 0. The molecule has 0 saturated carbocycles. The summed E-state index contributed by atoms with van der Waals surface area (Å²) in [6.45, 7) is 0.132. The van der Waals surface area contributed by atoms with E-state index in [1.165, 1.54) is 0 Å². The van der Waals surface area contributed by atoms with Crippen molar-refractivity contribution in [3.63, 3.8) is 0 Å². The van der Waals surface area contributed by atoms with Crippen molar-refractivity contribution in [3.05, 3.63) is 0 Å². The predicted octanol–water partition coefficient (Wildman–Crippen LogP) is -5.42. The Kier molecular flexibility index (Phi) is 14.7. The Bertz CT molecular complexity index is 763. The van der Waals surface area contributed by atoms with Gasteiger partial charge in [0, 0.05) is 13.1 Å². The van der Waals surface area contributed by atoms with Crippen LogP contribution in [0, 0.1) is 0 Å². The van der Waals surface area contributed by atoms with Gasteiger partial charge in [-0.1, -0.05) is 0 Å². The summed E-state index contributed by atoms with van der Waals surface area (Å²) in [5.74, 6) is -3.14. The number of primary amides is 1. The molecule has 0 heterocycles. The van der Waals surface area contributed by atoms with Gasteiger partial charge in [0.25, 0.3) is 0 Å². The lowest BCUT2D eigenvalue weighted by atomic mass is 10.1. The largest absolute Gasteiger partial charge is 0.370 e. The molecule has 15 N–H and O–H groups in total. The Morgan fingerprint density at radius 1 is 0.765 bits per heavy atom. The lowest BCUT2D eigenvalue weighted by Gasteiger charge is -2.24. The molecule has 0 radical (unpaired) electrons. The van der Waals surface area contributed by atoms with Crippen LogP contribution in [0.25, 0.3) is 0 Å². The highest BCUT2D eigenvalue weighted by atomic mass is 16.2. The zero-order chi connectivity index (χ0) is 26.1. The van der Waals surface area contributed by atoms with E-state index in [4.69, 9.17) is 34.4 Å². The van der Waals surface area contributed by atoms with Gasteiger partial charge >= 0.3 is 0 Å². The Labute approximate surface area is 196 Å². The SMILES string of the molecule is NC(=O)C[C@H](N)C(=O)N[C@@H](CCCN=C(N)N)C(=O)N[C@@H](CCCN=C(N)N)C(=O)NCC=O. The van der Waals surface area contributed by atoms with Gasteiger partial charge in [-0.3, -0.25) is 29.2 Å². The normalized spacial score (nSPS) is 12.9. The molecule has 16 nitrogen and oxygen atoms in total. The number of aliphatic imine (C=N–C) groups is 2. The van der Waals surface area contributed by atoms with Crippen LogP contribution in [0.15, 0.2) is 9.98 Å². The molecule has 0 aromatic rings. The summed E-state index contributed by atoms with van der Waals surface area (Å²) in [6, 6.07) is -3.44. The van der Waals surface area contributed by atoms with Gasteiger partial charge in [-0.05, 0) is 25.7 Å². The van der Waals surface area contributed by atoms with Gasteiger partial charge in [-0.15, -0.1) is 0 Å². The molecule has 0 aromatic heterocycles. The second-order valence-electron chi connectivity index (χ2n) is 7.21. The molecule has 0 unspecified atom stereocenters. The van der Waals surface area contributed by atoms with E-state index in [1.807, 2.05) is 0 Å². The number of nitrogens with two attached hydrogens (primary N) is 6. The summed E-state index contributed by atoms with van der Waals surface area (Å²) in [6.07, 6.45) is 0.937. The molecule has 0 aliphatic carbocycles. The number of nitrogens with one attached hydrogen (secondary N) is 3. The van der Waals surface area contributed by atoms with Crippen LogP contribution in [0.1, 0.15) is 32.1 Å². The fraction of sp³-hybridized carbons (Fsp3) is 0.611. The molecule has 0 aliphatic rings. The zero-order valence-electron chi connectivity index (χ0n) is 18.9. The number of hydrogen-bond donors (Lipinski definition) is 9. The molecule has 192 valence electrons. The number of carbonyl (C=O) groups excluding carboxylic acids is 5. The first-order chi connectivity index (χ1) is 16.0. The second kappa shape index (κ2) is 16.7. The van der Waals surface area contributed by atoms with Gasteiger partial charge in [-0.25, -0.2) is 0 Å². The number of aldehydes is 1. The van der Waals surface area contributed by atoms with E-state index in [9.17, 15) is 24.0 Å². The van der Waals surface area contributed by atoms with E-state index in [1.54, 1.807) is 0 Å². The van der Waals surface area contributed by atoms with Crippen LogP contribution >= 0.6 is 0 Å². The maximum Gasteiger partial charge on any atom is 0.243 e. The van der Waals surface area contributed by atoms with Crippen LogP contribution in [-0.2, 0) is 24.0 Å². The standard InChI is InChI=1S/C18H35N11O5/c19-10(9-13(20)31)14(32)28-12(4-2-6-27-18(23)24)16(34)29-11(15(33)25-7-8-30)3-1-5-26-17(21)22/h8,10-12H,1-7,9,19H2,(H2,20,31)(H,25,33)(H,28,32)(H,29,34)(H4,21,22,26)(H4,23,24,27)/t10-,11-,12-/m0/s1. The first kappa shape index (κ1) is 30.1. The maximum atomic E-state index is 12.9. The molecular formula is C18H35N11O5. The average molecular weight is 486 g/mol. The highest BCUT2D eigenvalue weighted by molar-refractivity contribution is 5.94. The van der Waals surface area contributed by atoms with Crippen molar-refractivity contribution in [2.75, 3.05) is 19.6 Å². The summed E-state index contributed by atoms with van der Waals surface area (Å²) >= 11 is 0. The summed E-state index contributed by atoms with van der Waals surface area (Å²) in [5, 5.41) is 7.34. The van der Waals surface area contributed by atoms with Crippen LogP contribution < -0.4 is 50.4 Å². The number of amides is 4. The van der Waals surface area contributed by atoms with Crippen molar-refractivity contribution in [2.24, 2.45) is 44.4 Å². The van der Waals surface area contributed by atoms with E-state index < -0.39 is 48.2 Å². The van der Waals surface area contributed by atoms with Gasteiger partial charge in [0.1, 0.15) is 18.4 Å². The summed E-state index contributed by atoms with van der Waals surface area (Å²) < 4.78 is 0. The highest BCUT2D eigenvalue weighted by Crippen LogP contribution is 2.04. The third kappa shape index (κ3) is 14.2. The number of carbonyl (C=O) groups is 5. The number of hydrogen-bond acceptors (Lipinski definition) is 8. The van der Waals surface area contributed by atoms with Crippen LogP contribution in [0.5, 0.6) is 0 Å². The minimum Gasteiger partial charge on any atom is -0.370 e. The zero-order valence-corrected chi connectivity index (χ0v) is 18.9. The molecule has 0 bridgehead atoms. The van der Waals surface area contributed by atoms with Gasteiger partial charge in [-0.2, -0.15) is 0 Å². The smallest absolute Gasteiger partial charge is 0.243 e. The molecule has 0 aliphatic heterocycles. The fourth-order valence-corrected chi connectivity index (χ4v) is 2.67. The van der Waals surface area contributed by atoms with Crippen LogP contribution in [0.2, 0.25) is 0 Å². The summed E-state index contributed by atoms with van der Waals surface area (Å²) in [4.78, 5) is 66.9. The van der Waals surface area contributed by atoms with E-state index in [0.29, 0.717) is 19.1 Å². The molecule has 4 amide bonds. The van der Waals surface area contributed by atoms with E-state index in [0.717, 1.165) is 0 Å². The van der Waals surface area contributed by atoms with Crippen LogP contribution in [0.4, 0.5) is 0 Å². The van der Waals surface area contributed by atoms with Gasteiger partial charge in [0.05, 0.1) is 19.0 Å². The lowest BCUT2D eigenvalue weighted by molar-refractivity contribution is -0.133. The Morgan fingerprint density at radius 3 is 1.68 bits per heavy atom. The molecular weight excluding hydrogens is 450 g/mol. The maximum absolute atomic E-state index is 12.9. The minimum absolute atomic E-state index is 0.0916. The lowest BCUT2D eigenvalue weighted by Crippen LogP contribution is -2.56. The summed E-state index contributed by atoms with van der Waals surface area (Å²) in [5.41, 5.74) is 31.8. The topological polar surface area (TPSA) is 302 Å². The van der Waals surface area contributed by atoms with Gasteiger partial charge < -0.3 is 55.1 Å². The van der Waals surface area contributed by atoms with Crippen molar-refractivity contribution >= 4 is 41.8 Å². The first-order valence-corrected chi connectivity index (χ1v) is 10.4. The fourth-order valence-electron chi connectivity index (χ4n) is 2.67. The van der Waals surface area contributed by atoms with Crippen molar-refractivity contribution in [1.29, 1.82) is 0 Å². The monoisotopic (exact) mass is 485 g/mol. The minimum atomic E-state index is -1.27. The average Bonchev–Trinajstić information content (AvgIpc) is 2.74. The van der Waals surface area contributed by atoms with Crippen molar-refractivity contribution in [1.82, 2.24) is 16.0 Å². The number of rotatable bonds is 17.